The second-order valence-corrected chi connectivity index (χ2v) is 8.17. The summed E-state index contributed by atoms with van der Waals surface area (Å²) in [4.78, 5) is 14.3. The molecule has 3 N–H and O–H groups in total. The Bertz CT molecular complexity index is 826. The lowest BCUT2D eigenvalue weighted by Crippen LogP contribution is -2.47. The lowest BCUT2D eigenvalue weighted by molar-refractivity contribution is 0.204. The molecule has 0 saturated carbocycles. The molecule has 0 fully saturated rings. The van der Waals surface area contributed by atoms with Crippen molar-refractivity contribution in [3.8, 4) is 5.75 Å². The van der Waals surface area contributed by atoms with Gasteiger partial charge in [-0.15, -0.1) is 0 Å². The van der Waals surface area contributed by atoms with Crippen LogP contribution in [0.25, 0.3) is 0 Å². The van der Waals surface area contributed by atoms with Crippen LogP contribution in [0.3, 0.4) is 0 Å². The van der Waals surface area contributed by atoms with Crippen LogP contribution in [0.1, 0.15) is 28.7 Å². The van der Waals surface area contributed by atoms with Crippen molar-refractivity contribution in [2.75, 3.05) is 20.1 Å². The van der Waals surface area contributed by atoms with Gasteiger partial charge in [-0.3, -0.25) is 0 Å². The molecule has 1 aliphatic heterocycles. The van der Waals surface area contributed by atoms with Crippen molar-refractivity contribution in [1.82, 2.24) is 15.5 Å². The third-order valence-corrected chi connectivity index (χ3v) is 6.09. The van der Waals surface area contributed by atoms with Crippen molar-refractivity contribution in [3.05, 3.63) is 64.7 Å². The number of phenolic OH excluding ortho intramolecular Hbond substituents is 1. The Morgan fingerprint density at radius 2 is 1.82 bits per heavy atom. The Hall–Kier alpha value is -2.53. The summed E-state index contributed by atoms with van der Waals surface area (Å²) in [5.41, 5.74) is 5.32. The molecule has 28 heavy (non-hydrogen) atoms. The smallest absolute Gasteiger partial charge is 0.317 e. The number of aromatic hydroxyl groups is 1. The summed E-state index contributed by atoms with van der Waals surface area (Å²) in [5.74, 6) is 0.944. The molecule has 5 nitrogen and oxygen atoms in total. The van der Waals surface area contributed by atoms with Crippen LogP contribution in [-0.4, -0.2) is 42.2 Å². The molecule has 0 bridgehead atoms. The Kier molecular flexibility index (Phi) is 5.53. The van der Waals surface area contributed by atoms with Crippen molar-refractivity contribution in [3.63, 3.8) is 0 Å². The minimum absolute atomic E-state index is 0.00573. The van der Waals surface area contributed by atoms with E-state index in [1.54, 1.807) is 11.0 Å². The van der Waals surface area contributed by atoms with Gasteiger partial charge in [0.1, 0.15) is 5.75 Å². The van der Waals surface area contributed by atoms with Crippen LogP contribution in [0, 0.1) is 5.92 Å². The summed E-state index contributed by atoms with van der Waals surface area (Å²) in [5, 5.41) is 16.1. The molecule has 2 aliphatic rings. The van der Waals surface area contributed by atoms with Gasteiger partial charge in [-0.1, -0.05) is 30.3 Å². The first-order valence-electron chi connectivity index (χ1n) is 10.2. The third-order valence-electron chi connectivity index (χ3n) is 6.09. The van der Waals surface area contributed by atoms with Crippen LogP contribution in [-0.2, 0) is 25.8 Å². The number of hydrogen-bond acceptors (Lipinski definition) is 3. The number of urea groups is 1. The molecule has 0 saturated heterocycles. The molecular weight excluding hydrogens is 350 g/mol. The van der Waals surface area contributed by atoms with Gasteiger partial charge in [-0.25, -0.2) is 4.79 Å². The van der Waals surface area contributed by atoms with Crippen molar-refractivity contribution < 1.29 is 9.90 Å². The first kappa shape index (κ1) is 18.8. The average Bonchev–Trinajstić information content (AvgIpc) is 3.13. The van der Waals surface area contributed by atoms with Gasteiger partial charge >= 0.3 is 6.03 Å². The summed E-state index contributed by atoms with van der Waals surface area (Å²) in [6.45, 7) is 2.12. The third kappa shape index (κ3) is 4.30. The highest BCUT2D eigenvalue weighted by molar-refractivity contribution is 5.73. The quantitative estimate of drug-likeness (QED) is 0.749. The number of carbonyl (C=O) groups excluding carboxylic acids is 1. The molecule has 0 radical (unpaired) electrons. The molecule has 1 unspecified atom stereocenters. The number of nitrogens with one attached hydrogen (secondary N) is 2. The van der Waals surface area contributed by atoms with E-state index in [4.69, 9.17) is 0 Å². The van der Waals surface area contributed by atoms with Crippen molar-refractivity contribution >= 4 is 6.03 Å². The maximum Gasteiger partial charge on any atom is 0.317 e. The Balaban J connectivity index is 1.20. The Labute approximate surface area is 166 Å². The molecule has 4 rings (SSSR count). The normalized spacial score (nSPS) is 18.4. The number of fused-ring (bicyclic) bond motifs is 2. The van der Waals surface area contributed by atoms with Gasteiger partial charge in [0.2, 0.25) is 0 Å². The molecule has 1 heterocycles. The zero-order valence-electron chi connectivity index (χ0n) is 16.4. The van der Waals surface area contributed by atoms with E-state index >= 15 is 0 Å². The van der Waals surface area contributed by atoms with Crippen molar-refractivity contribution in [1.29, 1.82) is 0 Å². The molecule has 2 amide bonds. The van der Waals surface area contributed by atoms with Gasteiger partial charge in [-0.05, 0) is 66.0 Å². The second-order valence-electron chi connectivity index (χ2n) is 8.17. The van der Waals surface area contributed by atoms with E-state index in [0.29, 0.717) is 18.2 Å². The molecule has 2 aromatic rings. The second kappa shape index (κ2) is 8.23. The highest BCUT2D eigenvalue weighted by atomic mass is 16.3. The van der Waals surface area contributed by atoms with Gasteiger partial charge in [0.15, 0.2) is 0 Å². The zero-order chi connectivity index (χ0) is 19.5. The van der Waals surface area contributed by atoms with Crippen molar-refractivity contribution in [2.45, 2.75) is 38.3 Å². The predicted molar refractivity (Wildman–Crippen MR) is 110 cm³/mol. The number of nitrogens with zero attached hydrogens (tertiary/aromatic N) is 1. The molecule has 2 aromatic carbocycles. The minimum Gasteiger partial charge on any atom is -0.508 e. The highest BCUT2D eigenvalue weighted by Gasteiger charge is 2.23. The summed E-state index contributed by atoms with van der Waals surface area (Å²) in [6, 6.07) is 14.4. The Morgan fingerprint density at radius 3 is 2.57 bits per heavy atom. The summed E-state index contributed by atoms with van der Waals surface area (Å²) in [6.07, 6.45) is 4.16. The SMILES string of the molecule is CN(CCC1Cc2ccccc2C1)C(=O)NCC1Cc2ccc(O)cc2CN1. The molecule has 1 aliphatic carbocycles. The van der Waals surface area contributed by atoms with Crippen LogP contribution < -0.4 is 10.6 Å². The molecular formula is C23H29N3O2. The number of rotatable bonds is 5. The van der Waals surface area contributed by atoms with Crippen molar-refractivity contribution in [2.24, 2.45) is 5.92 Å². The van der Waals surface area contributed by atoms with Gasteiger partial charge in [-0.2, -0.15) is 0 Å². The van der Waals surface area contributed by atoms with E-state index in [2.05, 4.69) is 34.9 Å². The zero-order valence-corrected chi connectivity index (χ0v) is 16.4. The van der Waals surface area contributed by atoms with E-state index in [-0.39, 0.29) is 12.1 Å². The van der Waals surface area contributed by atoms with Gasteiger partial charge < -0.3 is 20.6 Å². The number of carbonyl (C=O) groups is 1. The summed E-state index contributed by atoms with van der Waals surface area (Å²) >= 11 is 0. The Morgan fingerprint density at radius 1 is 1.11 bits per heavy atom. The standard InChI is InChI=1S/C23H29N3O2/c1-26(9-8-16-10-17-4-2-3-5-18(17)11-16)23(28)25-15-21-12-19-6-7-22(27)13-20(19)14-24-21/h2-7,13,16,21,24,27H,8-12,14-15H2,1H3,(H,25,28). The number of phenols is 1. The summed E-state index contributed by atoms with van der Waals surface area (Å²) < 4.78 is 0. The van der Waals surface area contributed by atoms with Crippen LogP contribution >= 0.6 is 0 Å². The summed E-state index contributed by atoms with van der Waals surface area (Å²) in [7, 11) is 1.88. The van der Waals surface area contributed by atoms with Gasteiger partial charge in [0.25, 0.3) is 0 Å². The van der Waals surface area contributed by atoms with Crippen LogP contribution in [0.4, 0.5) is 4.79 Å². The fraction of sp³-hybridized carbons (Fsp3) is 0.435. The number of amides is 2. The van der Waals surface area contributed by atoms with E-state index in [0.717, 1.165) is 44.3 Å². The maximum absolute atomic E-state index is 12.5. The molecule has 1 atom stereocenters. The average molecular weight is 380 g/mol. The number of hydrogen-bond donors (Lipinski definition) is 3. The maximum atomic E-state index is 12.5. The molecule has 148 valence electrons. The van der Waals surface area contributed by atoms with E-state index in [1.807, 2.05) is 19.2 Å². The lowest BCUT2D eigenvalue weighted by atomic mass is 9.95. The minimum atomic E-state index is -0.00573. The number of benzene rings is 2. The molecule has 5 heteroatoms. The fourth-order valence-electron chi connectivity index (χ4n) is 4.39. The van der Waals surface area contributed by atoms with E-state index < -0.39 is 0 Å². The van der Waals surface area contributed by atoms with Crippen LogP contribution in [0.2, 0.25) is 0 Å². The van der Waals surface area contributed by atoms with E-state index in [1.165, 1.54) is 16.7 Å². The van der Waals surface area contributed by atoms with E-state index in [9.17, 15) is 9.90 Å². The largest absolute Gasteiger partial charge is 0.508 e. The highest BCUT2D eigenvalue weighted by Crippen LogP contribution is 2.28. The van der Waals surface area contributed by atoms with Gasteiger partial charge in [0, 0.05) is 32.7 Å². The first-order valence-corrected chi connectivity index (χ1v) is 10.2. The first-order chi connectivity index (χ1) is 13.6. The monoisotopic (exact) mass is 379 g/mol. The fourth-order valence-corrected chi connectivity index (χ4v) is 4.39. The predicted octanol–water partition coefficient (Wildman–Crippen LogP) is 2.85. The molecule has 0 aromatic heterocycles. The topological polar surface area (TPSA) is 64.6 Å². The van der Waals surface area contributed by atoms with Crippen LogP contribution in [0.15, 0.2) is 42.5 Å². The van der Waals surface area contributed by atoms with Gasteiger partial charge in [0.05, 0.1) is 0 Å². The molecule has 0 spiro atoms. The van der Waals surface area contributed by atoms with Crippen LogP contribution in [0.5, 0.6) is 5.75 Å². The lowest BCUT2D eigenvalue weighted by Gasteiger charge is -2.27.